The van der Waals surface area contributed by atoms with Gasteiger partial charge in [-0.3, -0.25) is 0 Å². The summed E-state index contributed by atoms with van der Waals surface area (Å²) in [5.41, 5.74) is 0.706. The fourth-order valence-electron chi connectivity index (χ4n) is 2.71. The summed E-state index contributed by atoms with van der Waals surface area (Å²) in [7, 11) is 0. The van der Waals surface area contributed by atoms with Crippen LogP contribution in [0.1, 0.15) is 49.9 Å². The van der Waals surface area contributed by atoms with E-state index in [2.05, 4.69) is 43.9 Å². The van der Waals surface area contributed by atoms with E-state index in [1.807, 2.05) is 12.3 Å². The molecule has 0 saturated heterocycles. The SMILES string of the molecule is CCCN(CCC)CCCCNC(=O)c1cnc[c]([Sn]([CH3])([CH3])[CH3])c1. The summed E-state index contributed by atoms with van der Waals surface area (Å²) in [6.45, 7) is 8.69. The molecule has 1 amide bonds. The quantitative estimate of drug-likeness (QED) is 0.425. The molecule has 0 aliphatic heterocycles. The number of hydrogen-bond donors (Lipinski definition) is 1. The van der Waals surface area contributed by atoms with Crippen LogP contribution < -0.4 is 8.90 Å². The topological polar surface area (TPSA) is 45.2 Å². The molecule has 1 heterocycles. The third kappa shape index (κ3) is 7.97. The van der Waals surface area contributed by atoms with Gasteiger partial charge in [-0.1, -0.05) is 13.8 Å². The van der Waals surface area contributed by atoms with Crippen LogP contribution in [0.4, 0.5) is 0 Å². The van der Waals surface area contributed by atoms with Crippen molar-refractivity contribution in [1.82, 2.24) is 15.2 Å². The Hall–Kier alpha value is -0.621. The van der Waals surface area contributed by atoms with Crippen LogP contribution in [-0.2, 0) is 0 Å². The van der Waals surface area contributed by atoms with Gasteiger partial charge in [0.1, 0.15) is 0 Å². The first kappa shape index (κ1) is 21.4. The van der Waals surface area contributed by atoms with E-state index >= 15 is 0 Å². The third-order valence-corrected chi connectivity index (χ3v) is 9.86. The fraction of sp³-hybridized carbons (Fsp3) is 0.684. The van der Waals surface area contributed by atoms with Gasteiger partial charge >= 0.3 is 139 Å². The Morgan fingerprint density at radius 3 is 2.33 bits per heavy atom. The minimum absolute atomic E-state index is 0.0128. The molecule has 0 atom stereocenters. The molecular formula is C19H35N3OSn. The van der Waals surface area contributed by atoms with E-state index in [9.17, 15) is 4.79 Å². The Morgan fingerprint density at radius 2 is 1.75 bits per heavy atom. The van der Waals surface area contributed by atoms with Gasteiger partial charge in [0.25, 0.3) is 0 Å². The molecule has 1 N–H and O–H groups in total. The van der Waals surface area contributed by atoms with E-state index in [0.717, 1.165) is 25.9 Å². The molecule has 0 aliphatic rings. The van der Waals surface area contributed by atoms with Gasteiger partial charge in [-0.05, 0) is 0 Å². The number of aromatic nitrogens is 1. The van der Waals surface area contributed by atoms with E-state index in [1.54, 1.807) is 6.20 Å². The van der Waals surface area contributed by atoms with Gasteiger partial charge in [0, 0.05) is 0 Å². The monoisotopic (exact) mass is 441 g/mol. The number of amides is 1. The number of carbonyl (C=O) groups excluding carboxylic acids is 1. The van der Waals surface area contributed by atoms with E-state index in [4.69, 9.17) is 0 Å². The summed E-state index contributed by atoms with van der Waals surface area (Å²) in [5, 5.41) is 3.04. The predicted molar refractivity (Wildman–Crippen MR) is 106 cm³/mol. The second-order valence-corrected chi connectivity index (χ2v) is 22.0. The molecule has 0 fully saturated rings. The van der Waals surface area contributed by atoms with Crippen LogP contribution >= 0.6 is 0 Å². The second kappa shape index (κ2) is 11.1. The number of carbonyl (C=O) groups is 1. The summed E-state index contributed by atoms with van der Waals surface area (Å²) < 4.78 is 1.30. The van der Waals surface area contributed by atoms with Gasteiger partial charge in [-0.25, -0.2) is 0 Å². The fourth-order valence-corrected chi connectivity index (χ4v) is 5.70. The van der Waals surface area contributed by atoms with Crippen LogP contribution in [0.3, 0.4) is 0 Å². The van der Waals surface area contributed by atoms with Crippen molar-refractivity contribution in [1.29, 1.82) is 0 Å². The molecule has 0 unspecified atom stereocenters. The molecule has 0 bridgehead atoms. The molecule has 0 saturated carbocycles. The molecule has 1 rings (SSSR count). The molecule has 136 valence electrons. The van der Waals surface area contributed by atoms with E-state index in [0.29, 0.717) is 5.56 Å². The van der Waals surface area contributed by atoms with Crippen LogP contribution in [-0.4, -0.2) is 60.3 Å². The zero-order valence-corrected chi connectivity index (χ0v) is 19.0. The Bertz CT molecular complexity index is 494. The van der Waals surface area contributed by atoms with Crippen LogP contribution in [0.5, 0.6) is 0 Å². The number of pyridine rings is 1. The molecule has 4 nitrogen and oxygen atoms in total. The first-order valence-corrected chi connectivity index (χ1v) is 19.3. The van der Waals surface area contributed by atoms with Gasteiger partial charge in [0.15, 0.2) is 0 Å². The normalized spacial score (nSPS) is 11.8. The number of nitrogens with one attached hydrogen (secondary N) is 1. The summed E-state index contributed by atoms with van der Waals surface area (Å²) in [6, 6.07) is 2.04. The van der Waals surface area contributed by atoms with Crippen molar-refractivity contribution >= 4 is 27.9 Å². The zero-order chi connectivity index (χ0) is 18.0. The standard InChI is InChI=1S/C16H26N3O.3CH3.Sn/c1-3-11-19(12-4-2)13-6-5-10-18-16(20)15-8-7-9-17-14-15;;;;/h8-9,14H,3-6,10-13H2,1-2H3,(H,18,20);3*1H3;. The van der Waals surface area contributed by atoms with Crippen molar-refractivity contribution in [2.24, 2.45) is 0 Å². The van der Waals surface area contributed by atoms with Crippen LogP contribution in [0.2, 0.25) is 14.8 Å². The predicted octanol–water partition coefficient (Wildman–Crippen LogP) is 3.26. The Morgan fingerprint density at radius 1 is 1.08 bits per heavy atom. The van der Waals surface area contributed by atoms with Crippen LogP contribution in [0.25, 0.3) is 0 Å². The summed E-state index contributed by atoms with van der Waals surface area (Å²) in [4.78, 5) is 26.1. The van der Waals surface area contributed by atoms with E-state index < -0.39 is 18.4 Å². The Labute approximate surface area is 152 Å². The van der Waals surface area contributed by atoms with Crippen LogP contribution in [0.15, 0.2) is 18.5 Å². The summed E-state index contributed by atoms with van der Waals surface area (Å²) in [6.07, 6.45) is 8.19. The minimum atomic E-state index is -2.17. The molecule has 24 heavy (non-hydrogen) atoms. The molecule has 1 aromatic heterocycles. The van der Waals surface area contributed by atoms with Crippen molar-refractivity contribution < 1.29 is 4.79 Å². The maximum atomic E-state index is 12.3. The number of rotatable bonds is 11. The van der Waals surface area contributed by atoms with Gasteiger partial charge in [0.2, 0.25) is 0 Å². The van der Waals surface area contributed by atoms with E-state index in [-0.39, 0.29) is 5.91 Å². The van der Waals surface area contributed by atoms with Gasteiger partial charge in [-0.2, -0.15) is 0 Å². The molecule has 0 aromatic carbocycles. The maximum absolute atomic E-state index is 12.3. The van der Waals surface area contributed by atoms with Crippen molar-refractivity contribution in [3.05, 3.63) is 24.0 Å². The zero-order valence-electron chi connectivity index (χ0n) is 16.2. The molecule has 0 radical (unpaired) electrons. The number of hydrogen-bond acceptors (Lipinski definition) is 3. The molecule has 1 aromatic rings. The Balaban J connectivity index is 2.36. The van der Waals surface area contributed by atoms with E-state index in [1.165, 1.54) is 29.5 Å². The summed E-state index contributed by atoms with van der Waals surface area (Å²) >= 11 is -2.17. The van der Waals surface area contributed by atoms with Crippen molar-refractivity contribution in [2.75, 3.05) is 26.2 Å². The number of nitrogens with zero attached hydrogens (tertiary/aromatic N) is 2. The number of unbranched alkanes of at least 4 members (excludes halogenated alkanes) is 1. The van der Waals surface area contributed by atoms with Gasteiger partial charge in [-0.15, -0.1) is 0 Å². The average molecular weight is 440 g/mol. The molecular weight excluding hydrogens is 405 g/mol. The second-order valence-electron chi connectivity index (χ2n) is 7.52. The molecule has 5 heteroatoms. The Kier molecular flexibility index (Phi) is 9.89. The first-order chi connectivity index (χ1) is 11.4. The third-order valence-electron chi connectivity index (χ3n) is 4.13. The van der Waals surface area contributed by atoms with Crippen LogP contribution in [0, 0.1) is 0 Å². The summed E-state index contributed by atoms with van der Waals surface area (Å²) in [5.74, 6) is 0.0128. The molecule has 0 spiro atoms. The van der Waals surface area contributed by atoms with Gasteiger partial charge in [0.05, 0.1) is 0 Å². The first-order valence-electron chi connectivity index (χ1n) is 9.34. The van der Waals surface area contributed by atoms with Crippen molar-refractivity contribution in [3.8, 4) is 0 Å². The average Bonchev–Trinajstić information content (AvgIpc) is 2.54. The van der Waals surface area contributed by atoms with Gasteiger partial charge < -0.3 is 0 Å². The molecule has 0 aliphatic carbocycles. The van der Waals surface area contributed by atoms with Crippen molar-refractivity contribution in [2.45, 2.75) is 54.3 Å². The van der Waals surface area contributed by atoms with Crippen molar-refractivity contribution in [3.63, 3.8) is 0 Å².